The van der Waals surface area contributed by atoms with Crippen LogP contribution in [0.25, 0.3) is 0 Å². The summed E-state index contributed by atoms with van der Waals surface area (Å²) < 4.78 is 0. The summed E-state index contributed by atoms with van der Waals surface area (Å²) in [4.78, 5) is 0. The van der Waals surface area contributed by atoms with E-state index in [4.69, 9.17) is 5.11 Å². The lowest BCUT2D eigenvalue weighted by molar-refractivity contribution is 0.329. The first kappa shape index (κ1) is 6.56. The molecule has 0 fully saturated rings. The van der Waals surface area contributed by atoms with Crippen molar-refractivity contribution in [2.45, 2.75) is 19.8 Å². The molecule has 0 aromatic heterocycles. The minimum Gasteiger partial charge on any atom is -0.392 e. The predicted octanol–water partition coefficient (Wildman–Crippen LogP) is 1.65. The molecule has 0 aromatic carbocycles. The summed E-state index contributed by atoms with van der Waals surface area (Å²) in [6.07, 6.45) is 6.22. The lowest BCUT2D eigenvalue weighted by atomic mass is 10.1. The topological polar surface area (TPSA) is 20.2 Å². The molecule has 0 unspecified atom stereocenters. The predicted molar refractivity (Wildman–Crippen MR) is 38.2 cm³/mol. The van der Waals surface area contributed by atoms with E-state index in [1.165, 1.54) is 5.57 Å². The average molecular weight is 124 g/mol. The quantitative estimate of drug-likeness (QED) is 0.593. The van der Waals surface area contributed by atoms with Crippen LogP contribution in [0.1, 0.15) is 19.8 Å². The molecule has 0 heterocycles. The summed E-state index contributed by atoms with van der Waals surface area (Å²) in [6, 6.07) is 0. The SMILES string of the molecule is CCC1=CC=C(CO)C1. The van der Waals surface area contributed by atoms with E-state index in [9.17, 15) is 0 Å². The lowest BCUT2D eigenvalue weighted by Crippen LogP contribution is -1.86. The van der Waals surface area contributed by atoms with Crippen LogP contribution in [-0.4, -0.2) is 11.7 Å². The molecule has 1 rings (SSSR count). The van der Waals surface area contributed by atoms with Gasteiger partial charge in [0.05, 0.1) is 6.61 Å². The normalized spacial score (nSPS) is 17.6. The van der Waals surface area contributed by atoms with E-state index in [2.05, 4.69) is 13.0 Å². The largest absolute Gasteiger partial charge is 0.392 e. The molecule has 0 radical (unpaired) electrons. The third kappa shape index (κ3) is 1.42. The minimum atomic E-state index is 0.222. The van der Waals surface area contributed by atoms with Crippen molar-refractivity contribution in [1.82, 2.24) is 0 Å². The Kier molecular flexibility index (Phi) is 2.06. The Morgan fingerprint density at radius 1 is 1.44 bits per heavy atom. The van der Waals surface area contributed by atoms with Gasteiger partial charge in [0.15, 0.2) is 0 Å². The van der Waals surface area contributed by atoms with Crippen molar-refractivity contribution >= 4 is 0 Å². The van der Waals surface area contributed by atoms with Crippen LogP contribution in [-0.2, 0) is 0 Å². The van der Waals surface area contributed by atoms with Crippen molar-refractivity contribution in [1.29, 1.82) is 0 Å². The summed E-state index contributed by atoms with van der Waals surface area (Å²) in [5, 5.41) is 8.68. The summed E-state index contributed by atoms with van der Waals surface area (Å²) in [5.41, 5.74) is 2.57. The molecule has 1 heteroatoms. The minimum absolute atomic E-state index is 0.222. The van der Waals surface area contributed by atoms with Crippen LogP contribution in [0.5, 0.6) is 0 Å². The van der Waals surface area contributed by atoms with Crippen LogP contribution >= 0.6 is 0 Å². The van der Waals surface area contributed by atoms with Crippen molar-refractivity contribution in [2.24, 2.45) is 0 Å². The molecule has 1 nitrogen and oxygen atoms in total. The van der Waals surface area contributed by atoms with E-state index in [1.807, 2.05) is 6.08 Å². The van der Waals surface area contributed by atoms with Crippen molar-refractivity contribution < 1.29 is 5.11 Å². The van der Waals surface area contributed by atoms with Crippen LogP contribution < -0.4 is 0 Å². The van der Waals surface area contributed by atoms with E-state index in [0.29, 0.717) is 0 Å². The maximum Gasteiger partial charge on any atom is 0.0647 e. The Balaban J connectivity index is 2.43. The van der Waals surface area contributed by atoms with Crippen molar-refractivity contribution in [3.63, 3.8) is 0 Å². The van der Waals surface area contributed by atoms with Crippen LogP contribution in [0.3, 0.4) is 0 Å². The molecule has 0 atom stereocenters. The second-order valence-electron chi connectivity index (χ2n) is 2.34. The number of hydrogen-bond acceptors (Lipinski definition) is 1. The summed E-state index contributed by atoms with van der Waals surface area (Å²) in [6.45, 7) is 2.36. The molecule has 0 bridgehead atoms. The zero-order valence-corrected chi connectivity index (χ0v) is 5.72. The zero-order chi connectivity index (χ0) is 6.69. The van der Waals surface area contributed by atoms with E-state index >= 15 is 0 Å². The van der Waals surface area contributed by atoms with Gasteiger partial charge in [0, 0.05) is 0 Å². The fourth-order valence-corrected chi connectivity index (χ4v) is 0.997. The highest BCUT2D eigenvalue weighted by Crippen LogP contribution is 2.20. The van der Waals surface area contributed by atoms with Crippen molar-refractivity contribution in [3.05, 3.63) is 23.3 Å². The van der Waals surface area contributed by atoms with Gasteiger partial charge in [-0.05, 0) is 18.4 Å². The molecule has 1 N–H and O–H groups in total. The van der Waals surface area contributed by atoms with Gasteiger partial charge in [-0.1, -0.05) is 24.6 Å². The summed E-state index contributed by atoms with van der Waals surface area (Å²) in [7, 11) is 0. The zero-order valence-electron chi connectivity index (χ0n) is 5.72. The van der Waals surface area contributed by atoms with E-state index < -0.39 is 0 Å². The highest BCUT2D eigenvalue weighted by molar-refractivity contribution is 5.30. The highest BCUT2D eigenvalue weighted by atomic mass is 16.3. The fraction of sp³-hybridized carbons (Fsp3) is 0.500. The first-order valence-electron chi connectivity index (χ1n) is 3.35. The molecule has 50 valence electrons. The molecule has 0 spiro atoms. The van der Waals surface area contributed by atoms with Crippen LogP contribution in [0.15, 0.2) is 23.3 Å². The van der Waals surface area contributed by atoms with Crippen LogP contribution in [0.2, 0.25) is 0 Å². The Morgan fingerprint density at radius 3 is 2.44 bits per heavy atom. The smallest absolute Gasteiger partial charge is 0.0647 e. The van der Waals surface area contributed by atoms with Gasteiger partial charge in [-0.15, -0.1) is 0 Å². The number of aliphatic hydroxyl groups excluding tert-OH is 1. The summed E-state index contributed by atoms with van der Waals surface area (Å²) in [5.74, 6) is 0. The molecule has 0 aliphatic heterocycles. The van der Waals surface area contributed by atoms with E-state index in [0.717, 1.165) is 18.4 Å². The van der Waals surface area contributed by atoms with Gasteiger partial charge in [0.2, 0.25) is 0 Å². The summed E-state index contributed by atoms with van der Waals surface area (Å²) >= 11 is 0. The van der Waals surface area contributed by atoms with E-state index in [-0.39, 0.29) is 6.61 Å². The average Bonchev–Trinajstić information content (AvgIpc) is 2.34. The van der Waals surface area contributed by atoms with Gasteiger partial charge in [-0.25, -0.2) is 0 Å². The molecule has 0 saturated carbocycles. The second kappa shape index (κ2) is 2.83. The number of aliphatic hydroxyl groups is 1. The van der Waals surface area contributed by atoms with E-state index in [1.54, 1.807) is 0 Å². The van der Waals surface area contributed by atoms with Gasteiger partial charge in [-0.3, -0.25) is 0 Å². The Morgan fingerprint density at radius 2 is 2.11 bits per heavy atom. The van der Waals surface area contributed by atoms with Gasteiger partial charge < -0.3 is 5.11 Å². The van der Waals surface area contributed by atoms with Crippen molar-refractivity contribution in [3.8, 4) is 0 Å². The van der Waals surface area contributed by atoms with Gasteiger partial charge in [0.25, 0.3) is 0 Å². The number of hydrogen-bond donors (Lipinski definition) is 1. The third-order valence-corrected chi connectivity index (χ3v) is 1.67. The van der Waals surface area contributed by atoms with Crippen LogP contribution in [0, 0.1) is 0 Å². The first-order valence-corrected chi connectivity index (χ1v) is 3.35. The monoisotopic (exact) mass is 124 g/mol. The Bertz CT molecular complexity index is 136. The standard InChI is InChI=1S/C8H12O/c1-2-7-3-4-8(5-7)6-9/h3-4,9H,2,5-6H2,1H3. The number of allylic oxidation sites excluding steroid dienone is 3. The Labute approximate surface area is 55.7 Å². The molecular weight excluding hydrogens is 112 g/mol. The molecule has 0 saturated heterocycles. The molecular formula is C8H12O. The molecule has 0 amide bonds. The second-order valence-corrected chi connectivity index (χ2v) is 2.34. The van der Waals surface area contributed by atoms with Crippen molar-refractivity contribution in [2.75, 3.05) is 6.61 Å². The number of rotatable bonds is 2. The van der Waals surface area contributed by atoms with Gasteiger partial charge >= 0.3 is 0 Å². The highest BCUT2D eigenvalue weighted by Gasteiger charge is 2.03. The fourth-order valence-electron chi connectivity index (χ4n) is 0.997. The first-order chi connectivity index (χ1) is 4.36. The lowest BCUT2D eigenvalue weighted by Gasteiger charge is -1.96. The van der Waals surface area contributed by atoms with Crippen LogP contribution in [0.4, 0.5) is 0 Å². The maximum atomic E-state index is 8.68. The van der Waals surface area contributed by atoms with Gasteiger partial charge in [0.1, 0.15) is 0 Å². The third-order valence-electron chi connectivity index (χ3n) is 1.67. The van der Waals surface area contributed by atoms with Gasteiger partial charge in [-0.2, -0.15) is 0 Å². The Hall–Kier alpha value is -0.560. The molecule has 1 aliphatic rings. The molecule has 1 aliphatic carbocycles. The molecule has 9 heavy (non-hydrogen) atoms. The molecule has 0 aromatic rings. The maximum absolute atomic E-state index is 8.68.